The summed E-state index contributed by atoms with van der Waals surface area (Å²) < 4.78 is 28.1. The van der Waals surface area contributed by atoms with Crippen LogP contribution in [0.1, 0.15) is 5.56 Å². The zero-order valence-electron chi connectivity index (χ0n) is 9.94. The van der Waals surface area contributed by atoms with Crippen LogP contribution in [-0.2, 0) is 11.2 Å². The van der Waals surface area contributed by atoms with Gasteiger partial charge in [-0.2, -0.15) is 8.78 Å². The molecule has 1 aliphatic rings. The van der Waals surface area contributed by atoms with Crippen molar-refractivity contribution < 1.29 is 18.3 Å². The maximum absolute atomic E-state index is 12.0. The number of alkyl halides is 2. The van der Waals surface area contributed by atoms with Gasteiger partial charge < -0.3 is 10.1 Å². The summed E-state index contributed by atoms with van der Waals surface area (Å²) >= 11 is 1.51. The molecule has 0 saturated heterocycles. The Morgan fingerprint density at radius 1 is 1.42 bits per heavy atom. The van der Waals surface area contributed by atoms with Gasteiger partial charge in [-0.05, 0) is 17.7 Å². The molecule has 0 spiro atoms. The molecule has 7 heteroatoms. The maximum Gasteiger partial charge on any atom is 0.387 e. The van der Waals surface area contributed by atoms with Crippen molar-refractivity contribution in [3.63, 3.8) is 0 Å². The maximum atomic E-state index is 12.0. The van der Waals surface area contributed by atoms with E-state index in [1.807, 2.05) is 0 Å². The number of rotatable bonds is 4. The Balaban J connectivity index is 1.86. The van der Waals surface area contributed by atoms with Gasteiger partial charge >= 0.3 is 6.61 Å². The molecule has 0 saturated carbocycles. The number of ether oxygens (including phenoxy) is 1. The van der Waals surface area contributed by atoms with Gasteiger partial charge in [-0.25, -0.2) is 0 Å². The van der Waals surface area contributed by atoms with Crippen molar-refractivity contribution >= 4 is 22.8 Å². The van der Waals surface area contributed by atoms with Gasteiger partial charge in [0.2, 0.25) is 5.91 Å². The first-order valence-corrected chi connectivity index (χ1v) is 6.63. The lowest BCUT2D eigenvalue weighted by atomic mass is 10.1. The smallest absolute Gasteiger partial charge is 0.387 e. The summed E-state index contributed by atoms with van der Waals surface area (Å²) in [6, 6.07) is 6.00. The second kappa shape index (κ2) is 6.51. The van der Waals surface area contributed by atoms with Gasteiger partial charge in [-0.15, -0.1) is 0 Å². The van der Waals surface area contributed by atoms with E-state index in [2.05, 4.69) is 15.0 Å². The third-order valence-electron chi connectivity index (χ3n) is 2.35. The first kappa shape index (κ1) is 13.8. The molecule has 1 amide bonds. The van der Waals surface area contributed by atoms with E-state index in [0.29, 0.717) is 5.17 Å². The summed E-state index contributed by atoms with van der Waals surface area (Å²) in [7, 11) is 0. The highest BCUT2D eigenvalue weighted by atomic mass is 32.2. The Bertz CT molecular complexity index is 477. The van der Waals surface area contributed by atoms with Crippen LogP contribution in [-0.4, -0.2) is 30.0 Å². The molecule has 1 N–H and O–H groups in total. The second-order valence-corrected chi connectivity index (χ2v) is 4.87. The van der Waals surface area contributed by atoms with Crippen LogP contribution in [0.3, 0.4) is 0 Å². The molecule has 1 aliphatic heterocycles. The summed E-state index contributed by atoms with van der Waals surface area (Å²) in [5.41, 5.74) is 0.725. The number of benzene rings is 1. The summed E-state index contributed by atoms with van der Waals surface area (Å²) in [4.78, 5) is 15.8. The average molecular weight is 286 g/mol. The first-order chi connectivity index (χ1) is 9.13. The number of halogens is 2. The van der Waals surface area contributed by atoms with E-state index in [-0.39, 0.29) is 18.1 Å². The fourth-order valence-electron chi connectivity index (χ4n) is 1.55. The van der Waals surface area contributed by atoms with E-state index in [1.165, 1.54) is 23.9 Å². The number of hydrogen-bond donors (Lipinski definition) is 1. The highest BCUT2D eigenvalue weighted by Gasteiger charge is 2.11. The van der Waals surface area contributed by atoms with Crippen molar-refractivity contribution in [3.05, 3.63) is 29.8 Å². The molecule has 0 bridgehead atoms. The SMILES string of the molecule is O=C(Cc1ccc(OC(F)F)cc1)NC1=NCCS1. The van der Waals surface area contributed by atoms with Crippen LogP contribution < -0.4 is 10.1 Å². The highest BCUT2D eigenvalue weighted by Crippen LogP contribution is 2.15. The van der Waals surface area contributed by atoms with E-state index in [9.17, 15) is 13.6 Å². The van der Waals surface area contributed by atoms with Gasteiger partial charge in [-0.3, -0.25) is 9.79 Å². The molecular weight excluding hydrogens is 274 g/mol. The summed E-state index contributed by atoms with van der Waals surface area (Å²) in [6.45, 7) is -2.12. The molecule has 0 unspecified atom stereocenters. The minimum Gasteiger partial charge on any atom is -0.435 e. The average Bonchev–Trinajstić information content (AvgIpc) is 2.83. The fraction of sp³-hybridized carbons (Fsp3) is 0.333. The Morgan fingerprint density at radius 2 is 2.16 bits per heavy atom. The van der Waals surface area contributed by atoms with E-state index in [0.717, 1.165) is 17.9 Å². The third kappa shape index (κ3) is 4.51. The number of nitrogens with one attached hydrogen (secondary N) is 1. The number of amidine groups is 1. The molecule has 0 aromatic heterocycles. The molecule has 1 aromatic carbocycles. The van der Waals surface area contributed by atoms with Crippen LogP contribution >= 0.6 is 11.8 Å². The monoisotopic (exact) mass is 286 g/mol. The molecule has 1 aromatic rings. The van der Waals surface area contributed by atoms with Crippen molar-refractivity contribution in [2.45, 2.75) is 13.0 Å². The van der Waals surface area contributed by atoms with E-state index in [1.54, 1.807) is 12.1 Å². The van der Waals surface area contributed by atoms with Crippen LogP contribution in [0.15, 0.2) is 29.3 Å². The Kier molecular flexibility index (Phi) is 4.73. The van der Waals surface area contributed by atoms with Crippen LogP contribution in [0.25, 0.3) is 0 Å². The molecule has 102 valence electrons. The zero-order chi connectivity index (χ0) is 13.7. The lowest BCUT2D eigenvalue weighted by molar-refractivity contribution is -0.119. The van der Waals surface area contributed by atoms with Crippen molar-refractivity contribution in [2.24, 2.45) is 4.99 Å². The number of amides is 1. The summed E-state index contributed by atoms with van der Waals surface area (Å²) in [5.74, 6) is 0.792. The molecular formula is C12H12F2N2O2S. The molecule has 0 aliphatic carbocycles. The van der Waals surface area contributed by atoms with Crippen LogP contribution in [0.5, 0.6) is 5.75 Å². The van der Waals surface area contributed by atoms with E-state index in [4.69, 9.17) is 0 Å². The topological polar surface area (TPSA) is 50.7 Å². The number of thioether (sulfide) groups is 1. The summed E-state index contributed by atoms with van der Waals surface area (Å²) in [6.07, 6.45) is 0.175. The van der Waals surface area contributed by atoms with Gasteiger partial charge in [0.05, 0.1) is 13.0 Å². The van der Waals surface area contributed by atoms with Crippen LogP contribution in [0.2, 0.25) is 0 Å². The summed E-state index contributed by atoms with van der Waals surface area (Å²) in [5, 5.41) is 3.34. The Labute approximate surface area is 113 Å². The molecule has 19 heavy (non-hydrogen) atoms. The fourth-order valence-corrected chi connectivity index (χ4v) is 2.29. The quantitative estimate of drug-likeness (QED) is 0.921. The minimum absolute atomic E-state index is 0.0786. The van der Waals surface area contributed by atoms with Gasteiger partial charge in [0.15, 0.2) is 5.17 Å². The van der Waals surface area contributed by atoms with Crippen molar-refractivity contribution in [1.29, 1.82) is 0 Å². The standard InChI is InChI=1S/C12H12F2N2O2S/c13-11(14)18-9-3-1-8(2-4-9)7-10(17)16-12-15-5-6-19-12/h1-4,11H,5-7H2,(H,15,16,17). The van der Waals surface area contributed by atoms with Gasteiger partial charge in [-0.1, -0.05) is 23.9 Å². The number of nitrogens with zero attached hydrogens (tertiary/aromatic N) is 1. The molecule has 4 nitrogen and oxygen atoms in total. The first-order valence-electron chi connectivity index (χ1n) is 5.64. The number of hydrogen-bond acceptors (Lipinski definition) is 4. The van der Waals surface area contributed by atoms with Crippen molar-refractivity contribution in [2.75, 3.05) is 12.3 Å². The van der Waals surface area contributed by atoms with Gasteiger partial charge in [0, 0.05) is 5.75 Å². The minimum atomic E-state index is -2.84. The normalized spacial score (nSPS) is 14.4. The number of carbonyl (C=O) groups is 1. The number of aliphatic imine (C=N–C) groups is 1. The molecule has 2 rings (SSSR count). The van der Waals surface area contributed by atoms with E-state index < -0.39 is 6.61 Å². The highest BCUT2D eigenvalue weighted by molar-refractivity contribution is 8.14. The molecule has 0 fully saturated rings. The molecule has 0 radical (unpaired) electrons. The Hall–Kier alpha value is -1.63. The third-order valence-corrected chi connectivity index (χ3v) is 3.24. The second-order valence-electron chi connectivity index (χ2n) is 3.78. The Morgan fingerprint density at radius 3 is 2.74 bits per heavy atom. The van der Waals surface area contributed by atoms with Crippen molar-refractivity contribution in [3.8, 4) is 5.75 Å². The number of carbonyl (C=O) groups excluding carboxylic acids is 1. The largest absolute Gasteiger partial charge is 0.435 e. The van der Waals surface area contributed by atoms with Gasteiger partial charge in [0.1, 0.15) is 5.75 Å². The van der Waals surface area contributed by atoms with Crippen LogP contribution in [0, 0.1) is 0 Å². The lowest BCUT2D eigenvalue weighted by Crippen LogP contribution is -2.28. The predicted octanol–water partition coefficient (Wildman–Crippen LogP) is 2.05. The van der Waals surface area contributed by atoms with E-state index >= 15 is 0 Å². The lowest BCUT2D eigenvalue weighted by Gasteiger charge is -2.06. The predicted molar refractivity (Wildman–Crippen MR) is 69.7 cm³/mol. The van der Waals surface area contributed by atoms with Gasteiger partial charge in [0.25, 0.3) is 0 Å². The molecule has 0 atom stereocenters. The van der Waals surface area contributed by atoms with Crippen molar-refractivity contribution in [1.82, 2.24) is 5.32 Å². The zero-order valence-corrected chi connectivity index (χ0v) is 10.8. The molecule has 1 heterocycles. The van der Waals surface area contributed by atoms with Crippen LogP contribution in [0.4, 0.5) is 8.78 Å².